The van der Waals surface area contributed by atoms with Crippen molar-refractivity contribution in [3.63, 3.8) is 0 Å². The molecule has 1 saturated heterocycles. The normalized spacial score (nSPS) is 34.5. The van der Waals surface area contributed by atoms with Crippen LogP contribution in [0, 0.1) is 22.7 Å². The summed E-state index contributed by atoms with van der Waals surface area (Å²) in [6, 6.07) is 6.88. The van der Waals surface area contributed by atoms with Crippen LogP contribution in [-0.4, -0.2) is 100 Å². The minimum Gasteiger partial charge on any atom is -0.456 e. The van der Waals surface area contributed by atoms with E-state index in [1.165, 1.54) is 25.1 Å². The van der Waals surface area contributed by atoms with E-state index < -0.39 is 107 Å². The summed E-state index contributed by atoms with van der Waals surface area (Å²) in [4.78, 5) is 82.2. The van der Waals surface area contributed by atoms with Crippen LogP contribution < -0.4 is 5.32 Å². The molecule has 11 atom stereocenters. The monoisotopic (exact) mass is 791 g/mol. The van der Waals surface area contributed by atoms with Crippen molar-refractivity contribution in [1.82, 2.24) is 5.32 Å². The molecule has 0 unspecified atom stereocenters. The molecule has 308 valence electrons. The zero-order valence-electron chi connectivity index (χ0n) is 33.9. The average molecular weight is 792 g/mol. The van der Waals surface area contributed by atoms with E-state index in [0.29, 0.717) is 17.6 Å². The molecule has 3 N–H and O–H groups in total. The fourth-order valence-corrected chi connectivity index (χ4v) is 9.95. The first-order valence-electron chi connectivity index (χ1n) is 19.4. The van der Waals surface area contributed by atoms with Gasteiger partial charge in [-0.15, -0.1) is 0 Å². The number of carbonyl (C=O) groups excluding carboxylic acids is 6. The number of Topliss-reactive ketones (excluding diaryl/α,β-unsaturated/α-hetero) is 1. The highest BCUT2D eigenvalue weighted by Gasteiger charge is 2.84. The van der Waals surface area contributed by atoms with Crippen LogP contribution in [0.2, 0.25) is 0 Å². The van der Waals surface area contributed by atoms with Crippen LogP contribution in [0.5, 0.6) is 0 Å². The van der Waals surface area contributed by atoms with Crippen LogP contribution in [0.25, 0.3) is 0 Å². The number of hydrogen-bond acceptors (Lipinski definition) is 13. The Morgan fingerprint density at radius 3 is 2.19 bits per heavy atom. The molecule has 57 heavy (non-hydrogen) atoms. The molecule has 14 heteroatoms. The number of amides is 1. The van der Waals surface area contributed by atoms with E-state index >= 15 is 4.79 Å². The van der Waals surface area contributed by atoms with Gasteiger partial charge in [-0.2, -0.15) is 0 Å². The Morgan fingerprint density at radius 1 is 0.965 bits per heavy atom. The van der Waals surface area contributed by atoms with Gasteiger partial charge < -0.3 is 39.2 Å². The standard InChI is InChI=1S/C43H53NO13/c1-10-22(4)37(49)44-28(16-21(2)3)32(47)39(51)55-29-19-43(52)36(56-38(50)26-14-12-11-13-15-26)34-41(18-27(41)17-30-42(34,20-53-30)57-25(7)46)35(48)33(54-24(6)45)31(23(29)5)40(43,8)9/h10-16,27-30,32-34,36,47,52H,17-20H2,1-9H3,(H,44,49)/b22-10+/t27-,28+,29+,30-,32-,33-,34+,36+,41-,42+,43-/m1/s1. The van der Waals surface area contributed by atoms with E-state index in [2.05, 4.69) is 5.32 Å². The van der Waals surface area contributed by atoms with E-state index in [9.17, 15) is 34.2 Å². The van der Waals surface area contributed by atoms with Crippen molar-refractivity contribution in [2.45, 2.75) is 129 Å². The zero-order valence-corrected chi connectivity index (χ0v) is 33.9. The largest absolute Gasteiger partial charge is 0.456 e. The number of hydrogen-bond donors (Lipinski definition) is 3. The van der Waals surface area contributed by atoms with Gasteiger partial charge >= 0.3 is 23.9 Å². The minimum absolute atomic E-state index is 0.148. The molecule has 5 aliphatic rings. The molecular formula is C43H53NO13. The maximum Gasteiger partial charge on any atom is 0.338 e. The maximum absolute atomic E-state index is 15.4. The molecular weight excluding hydrogens is 738 g/mol. The topological polar surface area (TPSA) is 201 Å². The van der Waals surface area contributed by atoms with E-state index in [1.54, 1.807) is 72.7 Å². The Labute approximate surface area is 332 Å². The smallest absolute Gasteiger partial charge is 0.338 e. The summed E-state index contributed by atoms with van der Waals surface area (Å²) < 4.78 is 30.5. The van der Waals surface area contributed by atoms with E-state index in [0.717, 1.165) is 6.92 Å². The Kier molecular flexibility index (Phi) is 11.0. The lowest BCUT2D eigenvalue weighted by atomic mass is 9.48. The summed E-state index contributed by atoms with van der Waals surface area (Å²) in [6.45, 7) is 13.8. The fourth-order valence-electron chi connectivity index (χ4n) is 9.95. The molecule has 6 rings (SSSR count). The van der Waals surface area contributed by atoms with Crippen molar-refractivity contribution >= 4 is 35.6 Å². The molecule has 4 fully saturated rings. The van der Waals surface area contributed by atoms with Crippen molar-refractivity contribution < 1.29 is 62.7 Å². The molecule has 0 aromatic heterocycles. The lowest BCUT2D eigenvalue weighted by Crippen LogP contribution is -2.78. The van der Waals surface area contributed by atoms with Crippen molar-refractivity contribution in [2.24, 2.45) is 22.7 Å². The summed E-state index contributed by atoms with van der Waals surface area (Å²) in [5.41, 5.74) is -5.05. The summed E-state index contributed by atoms with van der Waals surface area (Å²) in [5.74, 6) is -6.03. The zero-order chi connectivity index (χ0) is 42.0. The average Bonchev–Trinajstić information content (AvgIpc) is 3.87. The van der Waals surface area contributed by atoms with Crippen molar-refractivity contribution in [3.8, 4) is 0 Å². The predicted octanol–water partition coefficient (Wildman–Crippen LogP) is 3.62. The van der Waals surface area contributed by atoms with Crippen LogP contribution in [0.15, 0.2) is 64.8 Å². The number of fused-ring (bicyclic) bond motifs is 4. The number of ketones is 1. The second-order valence-corrected chi connectivity index (χ2v) is 17.0. The van der Waals surface area contributed by atoms with Crippen molar-refractivity contribution in [3.05, 3.63) is 70.3 Å². The number of esters is 4. The number of aliphatic hydroxyl groups is 2. The number of rotatable bonds is 10. The molecule has 1 heterocycles. The Balaban J connectivity index is 1.53. The number of allylic oxidation sites excluding steroid dienone is 2. The Bertz CT molecular complexity index is 1960. The third kappa shape index (κ3) is 6.82. The molecule has 4 aliphatic carbocycles. The molecule has 2 bridgehead atoms. The van der Waals surface area contributed by atoms with Gasteiger partial charge in [0.2, 0.25) is 5.91 Å². The van der Waals surface area contributed by atoms with Gasteiger partial charge in [0, 0.05) is 36.7 Å². The number of carbonyl (C=O) groups is 6. The lowest BCUT2D eigenvalue weighted by molar-refractivity contribution is -0.323. The second kappa shape index (κ2) is 14.9. The number of aliphatic hydroxyl groups excluding tert-OH is 1. The third-order valence-electron chi connectivity index (χ3n) is 13.0. The summed E-state index contributed by atoms with van der Waals surface area (Å²) in [7, 11) is 0. The first-order chi connectivity index (χ1) is 26.7. The fraction of sp³-hybridized carbons (Fsp3) is 0.581. The molecule has 1 amide bonds. The highest BCUT2D eigenvalue weighted by molar-refractivity contribution is 5.98. The van der Waals surface area contributed by atoms with Gasteiger partial charge in [0.25, 0.3) is 0 Å². The van der Waals surface area contributed by atoms with Gasteiger partial charge in [-0.3, -0.25) is 19.2 Å². The molecule has 1 aromatic carbocycles. The summed E-state index contributed by atoms with van der Waals surface area (Å²) in [6.07, 6.45) is -3.92. The first-order valence-corrected chi connectivity index (χ1v) is 19.4. The van der Waals surface area contributed by atoms with Gasteiger partial charge in [-0.05, 0) is 76.7 Å². The molecule has 1 aliphatic heterocycles. The maximum atomic E-state index is 15.4. The first kappa shape index (κ1) is 42.0. The van der Waals surface area contributed by atoms with Crippen molar-refractivity contribution in [2.75, 3.05) is 6.61 Å². The molecule has 0 radical (unpaired) electrons. The molecule has 3 saturated carbocycles. The van der Waals surface area contributed by atoms with Gasteiger partial charge in [0.15, 0.2) is 23.6 Å². The van der Waals surface area contributed by atoms with Crippen LogP contribution in [0.4, 0.5) is 0 Å². The lowest BCUT2D eigenvalue weighted by Gasteiger charge is -2.64. The highest BCUT2D eigenvalue weighted by atomic mass is 16.6. The second-order valence-electron chi connectivity index (χ2n) is 17.0. The van der Waals surface area contributed by atoms with E-state index in [-0.39, 0.29) is 35.7 Å². The van der Waals surface area contributed by atoms with Crippen molar-refractivity contribution in [1.29, 1.82) is 0 Å². The highest BCUT2D eigenvalue weighted by Crippen LogP contribution is 2.74. The van der Waals surface area contributed by atoms with Crippen LogP contribution in [-0.2, 0) is 47.7 Å². The van der Waals surface area contributed by atoms with E-state index in [1.807, 2.05) is 0 Å². The summed E-state index contributed by atoms with van der Waals surface area (Å²) in [5, 5.41) is 27.7. The van der Waals surface area contributed by atoms with Gasteiger partial charge in [0.05, 0.1) is 24.1 Å². The third-order valence-corrected chi connectivity index (χ3v) is 13.0. The van der Waals surface area contributed by atoms with Crippen LogP contribution >= 0.6 is 0 Å². The van der Waals surface area contributed by atoms with Gasteiger partial charge in [-0.1, -0.05) is 49.8 Å². The Hall–Kier alpha value is -4.66. The van der Waals surface area contributed by atoms with Crippen LogP contribution in [0.1, 0.15) is 91.9 Å². The molecule has 1 spiro atoms. The molecule has 14 nitrogen and oxygen atoms in total. The predicted molar refractivity (Wildman–Crippen MR) is 202 cm³/mol. The number of ether oxygens (including phenoxy) is 5. The number of benzene rings is 1. The van der Waals surface area contributed by atoms with Crippen LogP contribution in [0.3, 0.4) is 0 Å². The van der Waals surface area contributed by atoms with Gasteiger partial charge in [-0.25, -0.2) is 9.59 Å². The van der Waals surface area contributed by atoms with E-state index in [4.69, 9.17) is 23.7 Å². The number of nitrogens with one attached hydrogen (secondary N) is 1. The summed E-state index contributed by atoms with van der Waals surface area (Å²) >= 11 is 0. The quantitative estimate of drug-likeness (QED) is 0.134. The molecule has 1 aromatic rings. The Morgan fingerprint density at radius 2 is 1.63 bits per heavy atom. The SMILES string of the molecule is C/C=C(\C)C(=O)N[C@@H](C=C(C)C)[C@@H](O)C(=O)O[C@H]1C[C@@]2(O)[C@@H](OC(=O)c3ccccc3)[C@@H]3[C@]4(OC(C)=O)CO[C@@H]4C[C@@H]4C[C@@]43C(=O)[C@H](OC(C)=O)C(=C1C)C2(C)C. The van der Waals surface area contributed by atoms with Gasteiger partial charge in [0.1, 0.15) is 23.9 Å². The minimum atomic E-state index is -2.22.